The number of aromatic nitrogens is 2. The second-order valence-electron chi connectivity index (χ2n) is 6.59. The minimum atomic E-state index is -0.510. The fourth-order valence-corrected chi connectivity index (χ4v) is 3.00. The summed E-state index contributed by atoms with van der Waals surface area (Å²) in [6.07, 6.45) is 0. The molecule has 0 unspecified atom stereocenters. The Kier molecular flexibility index (Phi) is 4.88. The molecule has 4 rings (SSSR count). The van der Waals surface area contributed by atoms with E-state index in [4.69, 9.17) is 9.47 Å². The molecule has 0 atom stereocenters. The topological polar surface area (TPSA) is 126 Å². The number of nitrogens with one attached hydrogen (secondary N) is 1. The molecule has 0 saturated carbocycles. The molecule has 152 valence electrons. The SMILES string of the molecule is Cc1cc([N+](=O)[O-])ccc1NC(=O)Cn1nc(-c2ccc3c(c2)OCO3)ccc1=O. The van der Waals surface area contributed by atoms with Crippen LogP contribution >= 0.6 is 0 Å². The number of non-ortho nitro benzene ring substituents is 1. The Morgan fingerprint density at radius 3 is 2.73 bits per heavy atom. The van der Waals surface area contributed by atoms with Crippen molar-refractivity contribution in [2.75, 3.05) is 12.1 Å². The van der Waals surface area contributed by atoms with E-state index < -0.39 is 16.4 Å². The summed E-state index contributed by atoms with van der Waals surface area (Å²) in [7, 11) is 0. The summed E-state index contributed by atoms with van der Waals surface area (Å²) in [5.41, 5.74) is 1.65. The van der Waals surface area contributed by atoms with Gasteiger partial charge in [-0.1, -0.05) is 0 Å². The highest BCUT2D eigenvalue weighted by molar-refractivity contribution is 5.91. The number of amides is 1. The smallest absolute Gasteiger partial charge is 0.269 e. The van der Waals surface area contributed by atoms with Gasteiger partial charge in [-0.25, -0.2) is 4.68 Å². The fraction of sp³-hybridized carbons (Fsp3) is 0.150. The molecule has 1 aromatic heterocycles. The number of benzene rings is 2. The third kappa shape index (κ3) is 3.83. The number of carbonyl (C=O) groups excluding carboxylic acids is 1. The highest BCUT2D eigenvalue weighted by Crippen LogP contribution is 2.35. The van der Waals surface area contributed by atoms with Crippen LogP contribution in [0, 0.1) is 17.0 Å². The largest absolute Gasteiger partial charge is 0.454 e. The molecular formula is C20H16N4O6. The van der Waals surface area contributed by atoms with Crippen LogP contribution in [0.2, 0.25) is 0 Å². The minimum Gasteiger partial charge on any atom is -0.454 e. The molecule has 1 amide bonds. The van der Waals surface area contributed by atoms with E-state index in [0.717, 1.165) is 4.68 Å². The monoisotopic (exact) mass is 408 g/mol. The number of nitrogens with zero attached hydrogens (tertiary/aromatic N) is 3. The van der Waals surface area contributed by atoms with Crippen LogP contribution in [0.15, 0.2) is 53.3 Å². The van der Waals surface area contributed by atoms with Crippen LogP contribution in [0.5, 0.6) is 11.5 Å². The maximum Gasteiger partial charge on any atom is 0.269 e. The van der Waals surface area contributed by atoms with Gasteiger partial charge in [-0.2, -0.15) is 5.10 Å². The van der Waals surface area contributed by atoms with E-state index in [1.54, 1.807) is 31.2 Å². The van der Waals surface area contributed by atoms with Crippen molar-refractivity contribution in [1.82, 2.24) is 9.78 Å². The van der Waals surface area contributed by atoms with E-state index >= 15 is 0 Å². The van der Waals surface area contributed by atoms with Gasteiger partial charge in [0.1, 0.15) is 6.54 Å². The van der Waals surface area contributed by atoms with Crippen molar-refractivity contribution in [2.45, 2.75) is 13.5 Å². The Morgan fingerprint density at radius 1 is 1.17 bits per heavy atom. The average molecular weight is 408 g/mol. The predicted octanol–water partition coefficient (Wildman–Crippen LogP) is 2.49. The molecule has 0 saturated heterocycles. The summed E-state index contributed by atoms with van der Waals surface area (Å²) >= 11 is 0. The first-order valence-corrected chi connectivity index (χ1v) is 8.94. The predicted molar refractivity (Wildman–Crippen MR) is 107 cm³/mol. The number of nitro groups is 1. The summed E-state index contributed by atoms with van der Waals surface area (Å²) in [5.74, 6) is 0.729. The maximum absolute atomic E-state index is 12.4. The van der Waals surface area contributed by atoms with E-state index in [9.17, 15) is 19.7 Å². The third-order valence-corrected chi connectivity index (χ3v) is 4.52. The van der Waals surface area contributed by atoms with Crippen molar-refractivity contribution in [3.8, 4) is 22.8 Å². The molecule has 1 N–H and O–H groups in total. The number of hydrogen-bond donors (Lipinski definition) is 1. The molecular weight excluding hydrogens is 392 g/mol. The number of carbonyl (C=O) groups is 1. The van der Waals surface area contributed by atoms with Gasteiger partial charge in [0.15, 0.2) is 11.5 Å². The van der Waals surface area contributed by atoms with Gasteiger partial charge in [-0.3, -0.25) is 19.7 Å². The fourth-order valence-electron chi connectivity index (χ4n) is 3.00. The van der Waals surface area contributed by atoms with Crippen molar-refractivity contribution in [1.29, 1.82) is 0 Å². The Balaban J connectivity index is 1.53. The molecule has 30 heavy (non-hydrogen) atoms. The minimum absolute atomic E-state index is 0.0696. The molecule has 0 fully saturated rings. The normalized spacial score (nSPS) is 11.9. The molecule has 0 bridgehead atoms. The lowest BCUT2D eigenvalue weighted by Crippen LogP contribution is -2.29. The molecule has 0 radical (unpaired) electrons. The highest BCUT2D eigenvalue weighted by atomic mass is 16.7. The molecule has 10 heteroatoms. The van der Waals surface area contributed by atoms with Gasteiger partial charge in [-0.15, -0.1) is 0 Å². The first kappa shape index (κ1) is 19.1. The van der Waals surface area contributed by atoms with Crippen LogP contribution in [-0.2, 0) is 11.3 Å². The molecule has 2 heterocycles. The number of ether oxygens (including phenoxy) is 2. The van der Waals surface area contributed by atoms with E-state index in [-0.39, 0.29) is 19.0 Å². The lowest BCUT2D eigenvalue weighted by atomic mass is 10.1. The zero-order valence-corrected chi connectivity index (χ0v) is 15.8. The molecule has 1 aliphatic rings. The zero-order valence-electron chi connectivity index (χ0n) is 15.8. The van der Waals surface area contributed by atoms with Crippen LogP contribution in [0.3, 0.4) is 0 Å². The first-order valence-electron chi connectivity index (χ1n) is 8.94. The Labute approximate surface area is 169 Å². The quantitative estimate of drug-likeness (QED) is 0.508. The standard InChI is InChI=1S/C20H16N4O6/c1-12-8-14(24(27)28)3-4-15(12)21-19(25)10-23-20(26)7-5-16(22-23)13-2-6-17-18(9-13)30-11-29-17/h2-9H,10-11H2,1H3,(H,21,25). The van der Waals surface area contributed by atoms with Crippen LogP contribution in [0.25, 0.3) is 11.3 Å². The summed E-state index contributed by atoms with van der Waals surface area (Å²) < 4.78 is 11.7. The van der Waals surface area contributed by atoms with Crippen LogP contribution in [0.4, 0.5) is 11.4 Å². The summed E-state index contributed by atoms with van der Waals surface area (Å²) in [4.78, 5) is 34.9. The molecule has 10 nitrogen and oxygen atoms in total. The van der Waals surface area contributed by atoms with Gasteiger partial charge in [0.2, 0.25) is 12.7 Å². The van der Waals surface area contributed by atoms with Crippen molar-refractivity contribution in [3.63, 3.8) is 0 Å². The van der Waals surface area contributed by atoms with Gasteiger partial charge in [0.25, 0.3) is 11.2 Å². The number of nitro benzene ring substituents is 1. The Bertz CT molecular complexity index is 1220. The lowest BCUT2D eigenvalue weighted by Gasteiger charge is -2.10. The number of aryl methyl sites for hydroxylation is 1. The summed E-state index contributed by atoms with van der Waals surface area (Å²) in [6, 6.07) is 12.3. The van der Waals surface area contributed by atoms with Gasteiger partial charge in [0, 0.05) is 29.4 Å². The van der Waals surface area contributed by atoms with Crippen LogP contribution in [-0.4, -0.2) is 27.4 Å². The molecule has 0 spiro atoms. The van der Waals surface area contributed by atoms with E-state index in [1.807, 2.05) is 0 Å². The zero-order chi connectivity index (χ0) is 21.3. The second kappa shape index (κ2) is 7.66. The van der Waals surface area contributed by atoms with Gasteiger partial charge in [0.05, 0.1) is 10.6 Å². The summed E-state index contributed by atoms with van der Waals surface area (Å²) in [6.45, 7) is 1.48. The Morgan fingerprint density at radius 2 is 1.97 bits per heavy atom. The van der Waals surface area contributed by atoms with Crippen molar-refractivity contribution < 1.29 is 19.2 Å². The lowest BCUT2D eigenvalue weighted by molar-refractivity contribution is -0.384. The molecule has 0 aliphatic carbocycles. The number of anilines is 1. The van der Waals surface area contributed by atoms with Crippen LogP contribution < -0.4 is 20.3 Å². The van der Waals surface area contributed by atoms with Gasteiger partial charge in [-0.05, 0) is 42.8 Å². The highest BCUT2D eigenvalue weighted by Gasteiger charge is 2.16. The van der Waals surface area contributed by atoms with Gasteiger partial charge >= 0.3 is 0 Å². The molecule has 1 aliphatic heterocycles. The summed E-state index contributed by atoms with van der Waals surface area (Å²) in [5, 5.41) is 17.7. The van der Waals surface area contributed by atoms with E-state index in [1.165, 1.54) is 24.3 Å². The van der Waals surface area contributed by atoms with Crippen molar-refractivity contribution in [2.24, 2.45) is 0 Å². The number of rotatable bonds is 5. The van der Waals surface area contributed by atoms with E-state index in [0.29, 0.717) is 34.0 Å². The molecule has 2 aromatic carbocycles. The first-order chi connectivity index (χ1) is 14.4. The van der Waals surface area contributed by atoms with Crippen LogP contribution in [0.1, 0.15) is 5.56 Å². The average Bonchev–Trinajstić information content (AvgIpc) is 3.19. The number of fused-ring (bicyclic) bond motifs is 1. The third-order valence-electron chi connectivity index (χ3n) is 4.52. The van der Waals surface area contributed by atoms with Crippen molar-refractivity contribution >= 4 is 17.3 Å². The number of hydrogen-bond acceptors (Lipinski definition) is 7. The Hall–Kier alpha value is -4.21. The van der Waals surface area contributed by atoms with Gasteiger partial charge < -0.3 is 14.8 Å². The second-order valence-corrected chi connectivity index (χ2v) is 6.59. The van der Waals surface area contributed by atoms with Crippen molar-refractivity contribution in [3.05, 3.63) is 74.6 Å². The maximum atomic E-state index is 12.4. The van der Waals surface area contributed by atoms with E-state index in [2.05, 4.69) is 10.4 Å². The molecule has 3 aromatic rings.